The Labute approximate surface area is 98.7 Å². The Morgan fingerprint density at radius 3 is 2.60 bits per heavy atom. The predicted octanol–water partition coefficient (Wildman–Crippen LogP) is 2.84. The van der Waals surface area contributed by atoms with Crippen LogP contribution in [0.4, 0.5) is 0 Å². The number of halogens is 1. The zero-order valence-electron chi connectivity index (χ0n) is 7.57. The van der Waals surface area contributed by atoms with Gasteiger partial charge in [-0.25, -0.2) is 4.98 Å². The first-order valence-electron chi connectivity index (χ1n) is 4.13. The van der Waals surface area contributed by atoms with Gasteiger partial charge in [-0.3, -0.25) is 0 Å². The Balaban J connectivity index is 2.54. The van der Waals surface area contributed by atoms with E-state index in [-0.39, 0.29) is 0 Å². The maximum atomic E-state index is 8.91. The van der Waals surface area contributed by atoms with Crippen LogP contribution in [0.2, 0.25) is 4.47 Å². The molecule has 2 rings (SSSR count). The summed E-state index contributed by atoms with van der Waals surface area (Å²) < 4.78 is 0.400. The zero-order chi connectivity index (χ0) is 10.8. The van der Waals surface area contributed by atoms with Crippen LogP contribution < -0.4 is 5.30 Å². The van der Waals surface area contributed by atoms with E-state index >= 15 is 0 Å². The van der Waals surface area contributed by atoms with Crippen molar-refractivity contribution in [2.45, 2.75) is 0 Å². The van der Waals surface area contributed by atoms with Gasteiger partial charge < -0.3 is 0 Å². The van der Waals surface area contributed by atoms with Crippen molar-refractivity contribution in [3.05, 3.63) is 33.6 Å². The number of nitrogens with zero attached hydrogens (tertiary/aromatic N) is 2. The summed E-state index contributed by atoms with van der Waals surface area (Å²) in [6.45, 7) is 0. The van der Waals surface area contributed by atoms with Crippen molar-refractivity contribution in [3.63, 3.8) is 0 Å². The Kier molecular flexibility index (Phi) is 3.02. The van der Waals surface area contributed by atoms with E-state index in [0.717, 1.165) is 10.9 Å². The van der Waals surface area contributed by atoms with E-state index in [2.05, 4.69) is 20.3 Å². The van der Waals surface area contributed by atoms with Gasteiger partial charge >= 0.3 is 0 Å². The van der Waals surface area contributed by atoms with Gasteiger partial charge in [-0.15, -0.1) is 9.24 Å². The first kappa shape index (κ1) is 10.6. The molecule has 0 bridgehead atoms. The highest BCUT2D eigenvalue weighted by Gasteiger charge is 2.11. The van der Waals surface area contributed by atoms with Crippen LogP contribution in [0.15, 0.2) is 24.3 Å². The molecule has 0 saturated carbocycles. The van der Waals surface area contributed by atoms with Gasteiger partial charge in [0.1, 0.15) is 16.6 Å². The van der Waals surface area contributed by atoms with Gasteiger partial charge in [0.25, 0.3) is 0 Å². The quantitative estimate of drug-likeness (QED) is 0.732. The molecule has 0 aliphatic carbocycles. The van der Waals surface area contributed by atoms with Gasteiger partial charge in [0.15, 0.2) is 4.47 Å². The molecule has 1 aromatic heterocycles. The number of aromatic nitrogens is 1. The number of nitriles is 1. The van der Waals surface area contributed by atoms with Gasteiger partial charge in [0.05, 0.1) is 0 Å². The second kappa shape index (κ2) is 4.28. The summed E-state index contributed by atoms with van der Waals surface area (Å²) in [4.78, 5) is 4.69. The molecule has 1 heterocycles. The lowest BCUT2D eigenvalue weighted by molar-refractivity contribution is 1.39. The third-order valence-corrected chi connectivity index (χ3v) is 3.34. The van der Waals surface area contributed by atoms with Gasteiger partial charge in [-0.1, -0.05) is 47.2 Å². The minimum atomic E-state index is 0.400. The maximum Gasteiger partial charge on any atom is 0.185 e. The second-order valence-corrected chi connectivity index (χ2v) is 5.13. The largest absolute Gasteiger partial charge is 0.223 e. The third-order valence-electron chi connectivity index (χ3n) is 1.89. The summed E-state index contributed by atoms with van der Waals surface area (Å²) >= 11 is 6.98. The molecule has 2 nitrogen and oxygen atoms in total. The molecule has 0 N–H and O–H groups in total. The Morgan fingerprint density at radius 2 is 2.00 bits per heavy atom. The number of rotatable bonds is 1. The lowest BCUT2D eigenvalue weighted by Gasteiger charge is -1.97. The molecule has 0 saturated heterocycles. The smallest absolute Gasteiger partial charge is 0.185 e. The van der Waals surface area contributed by atoms with E-state index in [9.17, 15) is 0 Å². The van der Waals surface area contributed by atoms with Gasteiger partial charge in [0.2, 0.25) is 0 Å². The fourth-order valence-corrected chi connectivity index (χ4v) is 2.33. The number of hydrogen-bond donors (Lipinski definition) is 0. The predicted molar refractivity (Wildman–Crippen MR) is 66.6 cm³/mol. The van der Waals surface area contributed by atoms with Crippen LogP contribution in [0.3, 0.4) is 0 Å². The molecule has 0 aliphatic rings. The van der Waals surface area contributed by atoms with E-state index in [0.29, 0.717) is 15.0 Å². The van der Waals surface area contributed by atoms with Crippen molar-refractivity contribution >= 4 is 37.5 Å². The van der Waals surface area contributed by atoms with Crippen molar-refractivity contribution in [2.75, 3.05) is 0 Å². The molecule has 5 heteroatoms. The molecule has 15 heavy (non-hydrogen) atoms. The third kappa shape index (κ3) is 2.18. The topological polar surface area (TPSA) is 36.7 Å². The van der Waals surface area contributed by atoms with Gasteiger partial charge in [0, 0.05) is 5.56 Å². The van der Waals surface area contributed by atoms with Crippen LogP contribution in [-0.2, 0) is 0 Å². The molecule has 0 fully saturated rings. The van der Waals surface area contributed by atoms with Crippen molar-refractivity contribution in [1.82, 2.24) is 4.98 Å². The lowest BCUT2D eigenvalue weighted by atomic mass is 10.1. The molecule has 1 aromatic carbocycles. The van der Waals surface area contributed by atoms with Crippen molar-refractivity contribution in [2.24, 2.45) is 0 Å². The van der Waals surface area contributed by atoms with Crippen molar-refractivity contribution < 1.29 is 0 Å². The standard InChI is InChI=1S/C10H6ClN2PS/c11-10-13-9(8(5-12)15-10)6-1-3-7(14)4-2-6/h1-4H,14H2. The summed E-state index contributed by atoms with van der Waals surface area (Å²) in [5.74, 6) is 0. The van der Waals surface area contributed by atoms with Crippen LogP contribution in [0.25, 0.3) is 11.3 Å². The second-order valence-electron chi connectivity index (χ2n) is 2.88. The Morgan fingerprint density at radius 1 is 1.33 bits per heavy atom. The molecular formula is C10H6ClN2PS. The molecule has 1 unspecified atom stereocenters. The van der Waals surface area contributed by atoms with Crippen LogP contribution in [-0.4, -0.2) is 4.98 Å². The summed E-state index contributed by atoms with van der Waals surface area (Å²) in [6, 6.07) is 9.85. The highest BCUT2D eigenvalue weighted by atomic mass is 35.5. The molecule has 0 spiro atoms. The van der Waals surface area contributed by atoms with Gasteiger partial charge in [-0.05, 0) is 5.30 Å². The minimum absolute atomic E-state index is 0.400. The molecule has 0 amide bonds. The van der Waals surface area contributed by atoms with Crippen LogP contribution in [0, 0.1) is 11.3 Å². The van der Waals surface area contributed by atoms with Crippen molar-refractivity contribution in [1.29, 1.82) is 5.26 Å². The highest BCUT2D eigenvalue weighted by molar-refractivity contribution is 7.27. The molecule has 0 aliphatic heterocycles. The molecule has 2 aromatic rings. The van der Waals surface area contributed by atoms with E-state index in [1.807, 2.05) is 24.3 Å². The first-order valence-corrected chi connectivity index (χ1v) is 5.90. The van der Waals surface area contributed by atoms with E-state index in [1.165, 1.54) is 11.3 Å². The average Bonchev–Trinajstić information content (AvgIpc) is 2.61. The maximum absolute atomic E-state index is 8.91. The van der Waals surface area contributed by atoms with E-state index in [4.69, 9.17) is 16.9 Å². The highest BCUT2D eigenvalue weighted by Crippen LogP contribution is 2.29. The summed E-state index contributed by atoms with van der Waals surface area (Å²) in [6.07, 6.45) is 0. The van der Waals surface area contributed by atoms with Crippen LogP contribution in [0.5, 0.6) is 0 Å². The lowest BCUT2D eigenvalue weighted by Crippen LogP contribution is -1.89. The normalized spacial score (nSPS) is 9.93. The van der Waals surface area contributed by atoms with Gasteiger partial charge in [-0.2, -0.15) is 5.26 Å². The molecular weight excluding hydrogens is 247 g/mol. The Bertz CT molecular complexity index is 527. The van der Waals surface area contributed by atoms with Crippen LogP contribution >= 0.6 is 32.2 Å². The molecule has 1 atom stereocenters. The summed E-state index contributed by atoms with van der Waals surface area (Å²) in [7, 11) is 2.61. The number of hydrogen-bond acceptors (Lipinski definition) is 3. The van der Waals surface area contributed by atoms with Crippen LogP contribution in [0.1, 0.15) is 4.88 Å². The minimum Gasteiger partial charge on any atom is -0.223 e. The van der Waals surface area contributed by atoms with E-state index < -0.39 is 0 Å². The van der Waals surface area contributed by atoms with E-state index in [1.54, 1.807) is 0 Å². The zero-order valence-corrected chi connectivity index (χ0v) is 10.3. The summed E-state index contributed by atoms with van der Waals surface area (Å²) in [5, 5.41) is 10.0. The molecule has 74 valence electrons. The fraction of sp³-hybridized carbons (Fsp3) is 0. The number of benzene rings is 1. The SMILES string of the molecule is N#Cc1sc(Cl)nc1-c1ccc(P)cc1. The first-order chi connectivity index (χ1) is 7.20. The average molecular weight is 253 g/mol. The van der Waals surface area contributed by atoms with Crippen molar-refractivity contribution in [3.8, 4) is 17.3 Å². The Hall–Kier alpha value is -0.940. The summed E-state index contributed by atoms with van der Waals surface area (Å²) in [5.41, 5.74) is 1.58. The molecule has 0 radical (unpaired) electrons. The monoisotopic (exact) mass is 252 g/mol. The number of thiazole rings is 1. The fourth-order valence-electron chi connectivity index (χ4n) is 1.21.